The molecule has 1 aromatic carbocycles. The van der Waals surface area contributed by atoms with E-state index in [1.807, 2.05) is 6.92 Å². The SMILES string of the molecule is CCCCCCCCCCCCCCCCCOC(=O)c1ccccc1C(=O)OC(C)CCCC(C)C. The summed E-state index contributed by atoms with van der Waals surface area (Å²) in [6.07, 6.45) is 22.4. The van der Waals surface area contributed by atoms with E-state index in [1.54, 1.807) is 24.3 Å². The number of unbranched alkanes of at least 4 members (excludes halogenated alkanes) is 14. The molecule has 1 rings (SSSR count). The molecule has 212 valence electrons. The van der Waals surface area contributed by atoms with Crippen molar-refractivity contribution in [1.82, 2.24) is 0 Å². The smallest absolute Gasteiger partial charge is 0.339 e. The van der Waals surface area contributed by atoms with Gasteiger partial charge in [0.1, 0.15) is 0 Å². The first-order valence-electron chi connectivity index (χ1n) is 15.4. The summed E-state index contributed by atoms with van der Waals surface area (Å²) in [4.78, 5) is 25.3. The van der Waals surface area contributed by atoms with E-state index in [4.69, 9.17) is 9.47 Å². The third-order valence-electron chi connectivity index (χ3n) is 7.05. The maximum absolute atomic E-state index is 12.7. The molecule has 0 aliphatic heterocycles. The van der Waals surface area contributed by atoms with E-state index in [0.29, 0.717) is 23.7 Å². The summed E-state index contributed by atoms with van der Waals surface area (Å²) >= 11 is 0. The molecule has 0 spiro atoms. The van der Waals surface area contributed by atoms with Crippen LogP contribution >= 0.6 is 0 Å². The number of hydrogen-bond donors (Lipinski definition) is 0. The fourth-order valence-electron chi connectivity index (χ4n) is 4.67. The van der Waals surface area contributed by atoms with Gasteiger partial charge in [-0.15, -0.1) is 0 Å². The third kappa shape index (κ3) is 17.3. The molecule has 1 unspecified atom stereocenters. The van der Waals surface area contributed by atoms with Crippen LogP contribution in [-0.2, 0) is 9.47 Å². The molecular formula is C33H56O4. The quantitative estimate of drug-likeness (QED) is 0.107. The summed E-state index contributed by atoms with van der Waals surface area (Å²) in [7, 11) is 0. The fraction of sp³-hybridized carbons (Fsp3) is 0.758. The average molecular weight is 517 g/mol. The summed E-state index contributed by atoms with van der Waals surface area (Å²) in [5.74, 6) is -0.245. The average Bonchev–Trinajstić information content (AvgIpc) is 2.88. The molecule has 0 fully saturated rings. The van der Waals surface area contributed by atoms with Crippen molar-refractivity contribution in [1.29, 1.82) is 0 Å². The molecule has 4 nitrogen and oxygen atoms in total. The van der Waals surface area contributed by atoms with E-state index < -0.39 is 11.9 Å². The summed E-state index contributed by atoms with van der Waals surface area (Å²) < 4.78 is 11.1. The molecule has 0 amide bonds. The Balaban J connectivity index is 2.14. The van der Waals surface area contributed by atoms with E-state index in [2.05, 4.69) is 20.8 Å². The Morgan fingerprint density at radius 3 is 1.57 bits per heavy atom. The lowest BCUT2D eigenvalue weighted by molar-refractivity contribution is 0.0306. The highest BCUT2D eigenvalue weighted by atomic mass is 16.5. The molecule has 0 aromatic heterocycles. The van der Waals surface area contributed by atoms with E-state index in [-0.39, 0.29) is 6.10 Å². The largest absolute Gasteiger partial charge is 0.462 e. The van der Waals surface area contributed by atoms with Crippen molar-refractivity contribution in [3.63, 3.8) is 0 Å². The van der Waals surface area contributed by atoms with Crippen molar-refractivity contribution in [3.8, 4) is 0 Å². The van der Waals surface area contributed by atoms with Crippen molar-refractivity contribution >= 4 is 11.9 Å². The minimum Gasteiger partial charge on any atom is -0.462 e. The third-order valence-corrected chi connectivity index (χ3v) is 7.05. The molecule has 0 heterocycles. The van der Waals surface area contributed by atoms with Crippen LogP contribution in [0.2, 0.25) is 0 Å². The summed E-state index contributed by atoms with van der Waals surface area (Å²) in [6, 6.07) is 6.81. The summed E-state index contributed by atoms with van der Waals surface area (Å²) in [6.45, 7) is 8.96. The number of benzene rings is 1. The van der Waals surface area contributed by atoms with Gasteiger partial charge in [0, 0.05) is 0 Å². The van der Waals surface area contributed by atoms with Gasteiger partial charge in [-0.05, 0) is 44.2 Å². The highest BCUT2D eigenvalue weighted by molar-refractivity contribution is 6.03. The molecule has 1 aromatic rings. The topological polar surface area (TPSA) is 52.6 Å². The lowest BCUT2D eigenvalue weighted by Gasteiger charge is -2.15. The minimum atomic E-state index is -0.448. The molecule has 37 heavy (non-hydrogen) atoms. The van der Waals surface area contributed by atoms with Crippen LogP contribution in [0.3, 0.4) is 0 Å². The zero-order valence-corrected chi connectivity index (χ0v) is 24.5. The molecule has 0 aliphatic carbocycles. The first-order chi connectivity index (χ1) is 18.0. The van der Waals surface area contributed by atoms with Crippen LogP contribution in [0.4, 0.5) is 0 Å². The Morgan fingerprint density at radius 2 is 1.08 bits per heavy atom. The van der Waals surface area contributed by atoms with Gasteiger partial charge in [-0.1, -0.05) is 129 Å². The molecule has 0 N–H and O–H groups in total. The number of ether oxygens (including phenoxy) is 2. The van der Waals surface area contributed by atoms with Crippen molar-refractivity contribution in [2.75, 3.05) is 6.61 Å². The van der Waals surface area contributed by atoms with Crippen LogP contribution in [0.1, 0.15) is 164 Å². The van der Waals surface area contributed by atoms with Gasteiger partial charge in [-0.25, -0.2) is 9.59 Å². The monoisotopic (exact) mass is 516 g/mol. The van der Waals surface area contributed by atoms with Gasteiger partial charge in [0.15, 0.2) is 0 Å². The fourth-order valence-corrected chi connectivity index (χ4v) is 4.67. The predicted molar refractivity (Wildman–Crippen MR) is 155 cm³/mol. The summed E-state index contributed by atoms with van der Waals surface area (Å²) in [5.41, 5.74) is 0.586. The molecule has 1 atom stereocenters. The van der Waals surface area contributed by atoms with Gasteiger partial charge in [0.25, 0.3) is 0 Å². The van der Waals surface area contributed by atoms with Crippen LogP contribution in [0.5, 0.6) is 0 Å². The highest BCUT2D eigenvalue weighted by Crippen LogP contribution is 2.17. The molecule has 0 saturated carbocycles. The maximum atomic E-state index is 12.7. The Hall–Kier alpha value is -1.84. The Kier molecular flexibility index (Phi) is 19.9. The first kappa shape index (κ1) is 33.2. The van der Waals surface area contributed by atoms with Gasteiger partial charge in [-0.3, -0.25) is 0 Å². The molecular weight excluding hydrogens is 460 g/mol. The van der Waals surface area contributed by atoms with Crippen LogP contribution in [0, 0.1) is 5.92 Å². The Bertz CT molecular complexity index is 712. The normalized spacial score (nSPS) is 12.0. The van der Waals surface area contributed by atoms with E-state index in [1.165, 1.54) is 83.5 Å². The molecule has 0 aliphatic rings. The number of carbonyl (C=O) groups excluding carboxylic acids is 2. The Morgan fingerprint density at radius 1 is 0.622 bits per heavy atom. The Labute approximate surface area is 228 Å². The standard InChI is InChI=1S/C33H56O4/c1-5-6-7-8-9-10-11-12-13-14-15-16-17-18-21-27-36-32(34)30-25-19-20-26-31(30)33(35)37-29(4)24-22-23-28(2)3/h19-20,25-26,28-29H,5-18,21-24,27H2,1-4H3. The van der Waals surface area contributed by atoms with Crippen molar-refractivity contribution < 1.29 is 19.1 Å². The van der Waals surface area contributed by atoms with Crippen molar-refractivity contribution in [3.05, 3.63) is 35.4 Å². The molecule has 0 radical (unpaired) electrons. The molecule has 0 bridgehead atoms. The maximum Gasteiger partial charge on any atom is 0.339 e. The van der Waals surface area contributed by atoms with E-state index in [9.17, 15) is 9.59 Å². The van der Waals surface area contributed by atoms with Crippen LogP contribution in [-0.4, -0.2) is 24.6 Å². The predicted octanol–water partition coefficient (Wildman–Crippen LogP) is 10.1. The van der Waals surface area contributed by atoms with Gasteiger partial charge in [0.05, 0.1) is 23.8 Å². The highest BCUT2D eigenvalue weighted by Gasteiger charge is 2.20. The van der Waals surface area contributed by atoms with Crippen LogP contribution < -0.4 is 0 Å². The minimum absolute atomic E-state index is 0.171. The zero-order valence-electron chi connectivity index (χ0n) is 24.5. The van der Waals surface area contributed by atoms with Crippen LogP contribution in [0.15, 0.2) is 24.3 Å². The van der Waals surface area contributed by atoms with Gasteiger partial charge >= 0.3 is 11.9 Å². The lowest BCUT2D eigenvalue weighted by Crippen LogP contribution is -2.19. The lowest BCUT2D eigenvalue weighted by atomic mass is 10.0. The number of esters is 2. The van der Waals surface area contributed by atoms with E-state index in [0.717, 1.165) is 32.1 Å². The van der Waals surface area contributed by atoms with Gasteiger partial charge in [0.2, 0.25) is 0 Å². The van der Waals surface area contributed by atoms with Crippen molar-refractivity contribution in [2.24, 2.45) is 5.92 Å². The number of rotatable bonds is 23. The molecule has 4 heteroatoms. The van der Waals surface area contributed by atoms with Crippen LogP contribution in [0.25, 0.3) is 0 Å². The second kappa shape index (κ2) is 22.2. The second-order valence-corrected chi connectivity index (χ2v) is 11.2. The molecule has 0 saturated heterocycles. The number of carbonyl (C=O) groups is 2. The second-order valence-electron chi connectivity index (χ2n) is 11.2. The van der Waals surface area contributed by atoms with Crippen molar-refractivity contribution in [2.45, 2.75) is 149 Å². The zero-order chi connectivity index (χ0) is 27.1. The van der Waals surface area contributed by atoms with Gasteiger partial charge in [-0.2, -0.15) is 0 Å². The van der Waals surface area contributed by atoms with Gasteiger partial charge < -0.3 is 9.47 Å². The van der Waals surface area contributed by atoms with E-state index >= 15 is 0 Å². The first-order valence-corrected chi connectivity index (χ1v) is 15.4. The number of hydrogen-bond acceptors (Lipinski definition) is 4. The summed E-state index contributed by atoms with van der Waals surface area (Å²) in [5, 5.41) is 0.